The van der Waals surface area contributed by atoms with E-state index in [0.29, 0.717) is 55.2 Å². The van der Waals surface area contributed by atoms with Gasteiger partial charge in [0.2, 0.25) is 0 Å². The number of aromatic amines is 2. The van der Waals surface area contributed by atoms with Crippen LogP contribution in [0.2, 0.25) is 10.0 Å². The molecule has 0 fully saturated rings. The minimum Gasteiger partial charge on any atom is -0.496 e. The number of hydrogen-bond acceptors (Lipinski definition) is 7. The number of hydrogen-bond donors (Lipinski definition) is 2. The van der Waals surface area contributed by atoms with Crippen LogP contribution in [-0.4, -0.2) is 48.6 Å². The Morgan fingerprint density at radius 2 is 0.933 bits per heavy atom. The number of rotatable bonds is 8. The molecule has 0 radical (unpaired) electrons. The van der Waals surface area contributed by atoms with Gasteiger partial charge in [0.15, 0.2) is 0 Å². The standard InChI is InChI=1S/C34H26Cl2N4O5/c1-41-23-13-25(43-3)29(31-27(23)21(15-37-31)17-5-9-19(35)10-6-17)33-39-40-34(45-33)30-26(44-4)14-24(42-2)28-22(16-38-32(28)30)18-7-11-20(36)12-8-18/h5-16,37-38H,1-4H3. The first-order chi connectivity index (χ1) is 21.9. The number of methoxy groups -OCH3 is 4. The molecule has 9 nitrogen and oxygen atoms in total. The molecule has 0 saturated carbocycles. The highest BCUT2D eigenvalue weighted by Crippen LogP contribution is 2.48. The predicted molar refractivity (Wildman–Crippen MR) is 176 cm³/mol. The van der Waals surface area contributed by atoms with Crippen LogP contribution in [0.5, 0.6) is 23.0 Å². The number of nitrogens with one attached hydrogen (secondary N) is 2. The Kier molecular flexibility index (Phi) is 7.27. The van der Waals surface area contributed by atoms with E-state index < -0.39 is 0 Å². The lowest BCUT2D eigenvalue weighted by molar-refractivity contribution is 0.397. The minimum absolute atomic E-state index is 0.245. The Morgan fingerprint density at radius 3 is 1.29 bits per heavy atom. The Hall–Kier alpha value is -5.12. The molecule has 0 aliphatic carbocycles. The summed E-state index contributed by atoms with van der Waals surface area (Å²) in [5, 5.41) is 11.9. The van der Waals surface area contributed by atoms with Crippen molar-refractivity contribution >= 4 is 45.0 Å². The van der Waals surface area contributed by atoms with Gasteiger partial charge in [-0.25, -0.2) is 0 Å². The normalized spacial score (nSPS) is 11.3. The zero-order chi connectivity index (χ0) is 31.2. The van der Waals surface area contributed by atoms with Gasteiger partial charge in [-0.15, -0.1) is 10.2 Å². The van der Waals surface area contributed by atoms with Gasteiger partial charge in [-0.1, -0.05) is 47.5 Å². The maximum atomic E-state index is 6.43. The van der Waals surface area contributed by atoms with E-state index in [9.17, 15) is 0 Å². The topological polar surface area (TPSA) is 107 Å². The van der Waals surface area contributed by atoms with E-state index in [-0.39, 0.29) is 11.8 Å². The van der Waals surface area contributed by atoms with E-state index in [0.717, 1.165) is 33.0 Å². The molecule has 4 aromatic carbocycles. The van der Waals surface area contributed by atoms with Crippen molar-refractivity contribution in [3.63, 3.8) is 0 Å². The summed E-state index contributed by atoms with van der Waals surface area (Å²) in [7, 11) is 6.40. The highest BCUT2D eigenvalue weighted by Gasteiger charge is 2.27. The summed E-state index contributed by atoms with van der Waals surface area (Å²) in [6.07, 6.45) is 3.81. The van der Waals surface area contributed by atoms with Gasteiger partial charge in [-0.3, -0.25) is 0 Å². The molecular formula is C34H26Cl2N4O5. The molecule has 7 aromatic rings. The first kappa shape index (κ1) is 28.6. The third-order valence-corrected chi connectivity index (χ3v) is 8.32. The summed E-state index contributed by atoms with van der Waals surface area (Å²) in [5.74, 6) is 2.72. The quantitative estimate of drug-likeness (QED) is 0.171. The maximum absolute atomic E-state index is 6.43. The minimum atomic E-state index is 0.245. The molecule has 0 unspecified atom stereocenters. The van der Waals surface area contributed by atoms with E-state index in [2.05, 4.69) is 20.2 Å². The zero-order valence-electron chi connectivity index (χ0n) is 24.6. The third kappa shape index (κ3) is 4.72. The highest BCUT2D eigenvalue weighted by atomic mass is 35.5. The molecular weight excluding hydrogens is 615 g/mol. The number of nitrogens with zero attached hydrogens (tertiary/aromatic N) is 2. The second kappa shape index (κ2) is 11.4. The fraction of sp³-hybridized carbons (Fsp3) is 0.118. The van der Waals surface area contributed by atoms with Gasteiger partial charge in [-0.05, 0) is 35.4 Å². The smallest absolute Gasteiger partial charge is 0.254 e. The first-order valence-corrected chi connectivity index (χ1v) is 14.6. The van der Waals surface area contributed by atoms with Gasteiger partial charge >= 0.3 is 0 Å². The average Bonchev–Trinajstić information content (AvgIpc) is 3.83. The molecule has 0 spiro atoms. The van der Waals surface area contributed by atoms with Crippen LogP contribution < -0.4 is 18.9 Å². The van der Waals surface area contributed by atoms with E-state index in [1.165, 1.54) is 0 Å². The van der Waals surface area contributed by atoms with Crippen molar-refractivity contribution in [2.24, 2.45) is 0 Å². The summed E-state index contributed by atoms with van der Waals surface area (Å²) < 4.78 is 29.6. The summed E-state index contributed by atoms with van der Waals surface area (Å²) >= 11 is 12.3. The van der Waals surface area contributed by atoms with E-state index in [1.54, 1.807) is 28.4 Å². The number of H-pyrrole nitrogens is 2. The Labute approximate surface area is 267 Å². The summed E-state index contributed by atoms with van der Waals surface area (Å²) in [6, 6.07) is 18.8. The zero-order valence-corrected chi connectivity index (χ0v) is 26.1. The lowest BCUT2D eigenvalue weighted by atomic mass is 10.0. The van der Waals surface area contributed by atoms with Crippen molar-refractivity contribution in [1.82, 2.24) is 20.2 Å². The number of benzene rings is 4. The van der Waals surface area contributed by atoms with Crippen molar-refractivity contribution in [2.45, 2.75) is 0 Å². The second-order valence-corrected chi connectivity index (χ2v) is 11.0. The Morgan fingerprint density at radius 1 is 0.556 bits per heavy atom. The van der Waals surface area contributed by atoms with E-state index in [4.69, 9.17) is 46.6 Å². The van der Waals surface area contributed by atoms with Gasteiger partial charge in [-0.2, -0.15) is 0 Å². The summed E-state index contributed by atoms with van der Waals surface area (Å²) in [4.78, 5) is 6.76. The predicted octanol–water partition coefficient (Wildman–Crippen LogP) is 9.04. The van der Waals surface area contributed by atoms with Crippen LogP contribution >= 0.6 is 23.2 Å². The lowest BCUT2D eigenvalue weighted by Gasteiger charge is -2.13. The third-order valence-electron chi connectivity index (χ3n) is 7.81. The van der Waals surface area contributed by atoms with Crippen LogP contribution in [0.4, 0.5) is 0 Å². The molecule has 0 bridgehead atoms. The number of ether oxygens (including phenoxy) is 4. The van der Waals surface area contributed by atoms with Crippen molar-refractivity contribution < 1.29 is 23.4 Å². The Bertz CT molecular complexity index is 2030. The molecule has 3 heterocycles. The first-order valence-electron chi connectivity index (χ1n) is 13.8. The Balaban J connectivity index is 1.43. The SMILES string of the molecule is COc1cc(OC)c2c(-c3ccc(Cl)cc3)c[nH]c2c1-c1nnc(-c2c(OC)cc(OC)c3c(-c4ccc(Cl)cc4)c[nH]c23)o1. The van der Waals surface area contributed by atoms with Crippen LogP contribution in [-0.2, 0) is 0 Å². The molecule has 0 amide bonds. The number of aromatic nitrogens is 4. The van der Waals surface area contributed by atoms with Crippen molar-refractivity contribution in [3.05, 3.63) is 83.1 Å². The molecule has 3 aromatic heterocycles. The molecule has 7 rings (SSSR count). The molecule has 0 aliphatic heterocycles. The average molecular weight is 642 g/mol. The van der Waals surface area contributed by atoms with Crippen LogP contribution in [0.15, 0.2) is 77.5 Å². The fourth-order valence-electron chi connectivity index (χ4n) is 5.73. The van der Waals surface area contributed by atoms with Crippen LogP contribution in [0.25, 0.3) is 67.0 Å². The van der Waals surface area contributed by atoms with Crippen molar-refractivity contribution in [1.29, 1.82) is 0 Å². The lowest BCUT2D eigenvalue weighted by Crippen LogP contribution is -1.94. The fourth-order valence-corrected chi connectivity index (χ4v) is 5.99. The second-order valence-electron chi connectivity index (χ2n) is 10.1. The van der Waals surface area contributed by atoms with Gasteiger partial charge in [0, 0.05) is 45.7 Å². The molecule has 11 heteroatoms. The molecule has 0 saturated heterocycles. The molecule has 0 aliphatic rings. The van der Waals surface area contributed by atoms with Crippen LogP contribution in [0, 0.1) is 0 Å². The molecule has 0 atom stereocenters. The van der Waals surface area contributed by atoms with Gasteiger partial charge in [0.05, 0.1) is 50.2 Å². The van der Waals surface area contributed by atoms with Crippen molar-refractivity contribution in [3.8, 4) is 68.2 Å². The van der Waals surface area contributed by atoms with E-state index in [1.807, 2.05) is 73.1 Å². The summed E-state index contributed by atoms with van der Waals surface area (Å²) in [6.45, 7) is 0. The van der Waals surface area contributed by atoms with Gasteiger partial charge in [0.1, 0.15) is 34.1 Å². The van der Waals surface area contributed by atoms with E-state index >= 15 is 0 Å². The van der Waals surface area contributed by atoms with Crippen molar-refractivity contribution in [2.75, 3.05) is 28.4 Å². The number of fused-ring (bicyclic) bond motifs is 2. The van der Waals surface area contributed by atoms with Gasteiger partial charge < -0.3 is 33.3 Å². The molecule has 45 heavy (non-hydrogen) atoms. The maximum Gasteiger partial charge on any atom is 0.254 e. The summed E-state index contributed by atoms with van der Waals surface area (Å²) in [5.41, 5.74) is 6.35. The largest absolute Gasteiger partial charge is 0.496 e. The molecule has 2 N–H and O–H groups in total. The van der Waals surface area contributed by atoms with Crippen LogP contribution in [0.3, 0.4) is 0 Å². The van der Waals surface area contributed by atoms with Crippen LogP contribution in [0.1, 0.15) is 0 Å². The molecule has 226 valence electrons. The highest BCUT2D eigenvalue weighted by molar-refractivity contribution is 6.31. The number of halogens is 2. The monoisotopic (exact) mass is 640 g/mol. The van der Waals surface area contributed by atoms with Gasteiger partial charge in [0.25, 0.3) is 11.8 Å².